The van der Waals surface area contributed by atoms with Gasteiger partial charge in [0.1, 0.15) is 5.75 Å². The summed E-state index contributed by atoms with van der Waals surface area (Å²) < 4.78 is 5.81. The highest BCUT2D eigenvalue weighted by Crippen LogP contribution is 2.42. The Morgan fingerprint density at radius 2 is 1.58 bits per heavy atom. The normalized spacial score (nSPS) is 17.1. The molecule has 33 heavy (non-hydrogen) atoms. The van der Waals surface area contributed by atoms with Gasteiger partial charge in [0.15, 0.2) is 0 Å². The third-order valence-electron chi connectivity index (χ3n) is 6.91. The molecule has 1 aliphatic heterocycles. The summed E-state index contributed by atoms with van der Waals surface area (Å²) >= 11 is 0. The summed E-state index contributed by atoms with van der Waals surface area (Å²) in [6.45, 7) is 8.27. The van der Waals surface area contributed by atoms with Crippen molar-refractivity contribution >= 4 is 12.4 Å². The number of nitrogens with zero attached hydrogens (tertiary/aromatic N) is 1. The molecule has 2 aromatic rings. The van der Waals surface area contributed by atoms with Gasteiger partial charge in [-0.3, -0.25) is 0 Å². The van der Waals surface area contributed by atoms with Crippen LogP contribution in [-0.4, -0.2) is 36.2 Å². The second-order valence-electron chi connectivity index (χ2n) is 9.43. The van der Waals surface area contributed by atoms with Crippen LogP contribution >= 0.6 is 12.4 Å². The van der Waals surface area contributed by atoms with Gasteiger partial charge in [-0.2, -0.15) is 0 Å². The first-order valence-electron chi connectivity index (χ1n) is 12.9. The summed E-state index contributed by atoms with van der Waals surface area (Å²) in [5.74, 6) is 0.932. The van der Waals surface area contributed by atoms with Crippen molar-refractivity contribution in [1.82, 2.24) is 4.90 Å². The molecule has 1 N–H and O–H groups in total. The van der Waals surface area contributed by atoms with E-state index in [1.165, 1.54) is 44.1 Å². The molecule has 2 aromatic carbocycles. The number of halogens is 1. The molecular formula is C29H44ClNO2. The van der Waals surface area contributed by atoms with Gasteiger partial charge < -0.3 is 14.7 Å². The number of piperidine rings is 1. The minimum Gasteiger partial charge on any atom is -0.494 e. The van der Waals surface area contributed by atoms with E-state index in [4.69, 9.17) is 4.74 Å². The van der Waals surface area contributed by atoms with E-state index in [1.54, 1.807) is 0 Å². The van der Waals surface area contributed by atoms with Crippen molar-refractivity contribution in [1.29, 1.82) is 0 Å². The van der Waals surface area contributed by atoms with E-state index >= 15 is 0 Å². The van der Waals surface area contributed by atoms with Gasteiger partial charge in [0.25, 0.3) is 0 Å². The van der Waals surface area contributed by atoms with E-state index in [0.717, 1.165) is 56.8 Å². The van der Waals surface area contributed by atoms with Gasteiger partial charge in [0.05, 0.1) is 12.2 Å². The summed E-state index contributed by atoms with van der Waals surface area (Å²) in [5, 5.41) is 12.4. The lowest BCUT2D eigenvalue weighted by atomic mass is 9.73. The number of benzene rings is 2. The molecule has 1 saturated heterocycles. The van der Waals surface area contributed by atoms with E-state index in [0.29, 0.717) is 0 Å². The molecule has 1 aliphatic rings. The summed E-state index contributed by atoms with van der Waals surface area (Å²) in [5.41, 5.74) is 1.36. The molecule has 1 fully saturated rings. The van der Waals surface area contributed by atoms with Crippen molar-refractivity contribution in [2.45, 2.75) is 83.2 Å². The lowest BCUT2D eigenvalue weighted by Gasteiger charge is -2.41. The number of rotatable bonds is 13. The predicted molar refractivity (Wildman–Crippen MR) is 142 cm³/mol. The topological polar surface area (TPSA) is 32.7 Å². The maximum Gasteiger partial charge on any atom is 0.119 e. The van der Waals surface area contributed by atoms with Gasteiger partial charge in [-0.15, -0.1) is 12.4 Å². The minimum atomic E-state index is -0.893. The molecule has 184 valence electrons. The maximum atomic E-state index is 12.4. The molecule has 0 aliphatic carbocycles. The van der Waals surface area contributed by atoms with Crippen LogP contribution < -0.4 is 4.74 Å². The smallest absolute Gasteiger partial charge is 0.119 e. The Kier molecular flexibility index (Phi) is 12.3. The molecule has 0 amide bonds. The van der Waals surface area contributed by atoms with Crippen molar-refractivity contribution in [2.24, 2.45) is 0 Å². The number of ether oxygens (including phenoxy) is 1. The Hall–Kier alpha value is -1.55. The van der Waals surface area contributed by atoms with Crippen molar-refractivity contribution < 1.29 is 9.84 Å². The molecule has 2 atom stereocenters. The fraction of sp³-hybridized carbons (Fsp3) is 0.586. The quantitative estimate of drug-likeness (QED) is 0.309. The molecule has 0 bridgehead atoms. The number of likely N-dealkylation sites (tertiary alicyclic amines) is 1. The molecule has 0 saturated carbocycles. The average molecular weight is 474 g/mol. The zero-order valence-electron chi connectivity index (χ0n) is 20.7. The number of unbranched alkanes of at least 4 members (excludes halogenated alkanes) is 3. The predicted octanol–water partition coefficient (Wildman–Crippen LogP) is 7.32. The van der Waals surface area contributed by atoms with Crippen LogP contribution in [0, 0.1) is 0 Å². The largest absolute Gasteiger partial charge is 0.494 e. The van der Waals surface area contributed by atoms with Gasteiger partial charge in [-0.1, -0.05) is 88.4 Å². The summed E-state index contributed by atoms with van der Waals surface area (Å²) in [4.78, 5) is 2.57. The molecule has 0 aromatic heterocycles. The van der Waals surface area contributed by atoms with Crippen LogP contribution in [0.3, 0.4) is 0 Å². The Labute approximate surface area is 208 Å². The summed E-state index contributed by atoms with van der Waals surface area (Å²) in [6, 6.07) is 18.9. The van der Waals surface area contributed by atoms with Gasteiger partial charge in [-0.05, 0) is 62.0 Å². The number of hydrogen-bond donors (Lipinski definition) is 1. The minimum absolute atomic E-state index is 0. The molecule has 2 unspecified atom stereocenters. The number of hydrogen-bond acceptors (Lipinski definition) is 3. The van der Waals surface area contributed by atoms with E-state index in [9.17, 15) is 5.11 Å². The Bertz CT molecular complexity index is 761. The van der Waals surface area contributed by atoms with Crippen molar-refractivity contribution in [3.05, 3.63) is 65.7 Å². The Morgan fingerprint density at radius 1 is 0.879 bits per heavy atom. The monoisotopic (exact) mass is 473 g/mol. The van der Waals surface area contributed by atoms with Crippen LogP contribution in [0.15, 0.2) is 54.6 Å². The van der Waals surface area contributed by atoms with Gasteiger partial charge >= 0.3 is 0 Å². The van der Waals surface area contributed by atoms with Gasteiger partial charge in [0, 0.05) is 12.5 Å². The van der Waals surface area contributed by atoms with E-state index in [-0.39, 0.29) is 18.3 Å². The first kappa shape index (κ1) is 27.7. The Balaban J connectivity index is 0.00000385. The number of aliphatic hydroxyl groups is 1. The molecule has 3 nitrogen and oxygen atoms in total. The highest BCUT2D eigenvalue weighted by Gasteiger charge is 2.40. The lowest BCUT2D eigenvalue weighted by molar-refractivity contribution is -0.0167. The van der Waals surface area contributed by atoms with E-state index in [2.05, 4.69) is 61.2 Å². The van der Waals surface area contributed by atoms with Crippen molar-refractivity contribution in [2.75, 3.05) is 26.2 Å². The van der Waals surface area contributed by atoms with Crippen LogP contribution in [0.5, 0.6) is 5.75 Å². The van der Waals surface area contributed by atoms with Crippen LogP contribution in [0.25, 0.3) is 0 Å². The third kappa shape index (κ3) is 8.02. The zero-order chi connectivity index (χ0) is 22.7. The molecule has 4 heteroatoms. The molecule has 0 radical (unpaired) electrons. The SMILES string of the molecule is CCCCCCC(O)(c1ccc(OCCC)cc1)C(CN1CCCCC1)c1ccccc1.Cl. The fourth-order valence-corrected chi connectivity index (χ4v) is 5.02. The second-order valence-corrected chi connectivity index (χ2v) is 9.43. The Morgan fingerprint density at radius 3 is 2.21 bits per heavy atom. The molecule has 3 rings (SSSR count). The molecule has 1 heterocycles. The molecular weight excluding hydrogens is 430 g/mol. The van der Waals surface area contributed by atoms with Crippen LogP contribution in [0.1, 0.15) is 88.7 Å². The lowest BCUT2D eigenvalue weighted by Crippen LogP contribution is -2.42. The fourth-order valence-electron chi connectivity index (χ4n) is 5.02. The highest BCUT2D eigenvalue weighted by molar-refractivity contribution is 5.85. The first-order chi connectivity index (χ1) is 15.7. The third-order valence-corrected chi connectivity index (χ3v) is 6.91. The molecule has 0 spiro atoms. The van der Waals surface area contributed by atoms with Crippen LogP contribution in [-0.2, 0) is 5.60 Å². The van der Waals surface area contributed by atoms with Crippen molar-refractivity contribution in [3.8, 4) is 5.75 Å². The first-order valence-corrected chi connectivity index (χ1v) is 12.9. The van der Waals surface area contributed by atoms with Crippen LogP contribution in [0.4, 0.5) is 0 Å². The van der Waals surface area contributed by atoms with Crippen LogP contribution in [0.2, 0.25) is 0 Å². The maximum absolute atomic E-state index is 12.4. The van der Waals surface area contributed by atoms with Gasteiger partial charge in [0.2, 0.25) is 0 Å². The summed E-state index contributed by atoms with van der Waals surface area (Å²) in [7, 11) is 0. The highest BCUT2D eigenvalue weighted by atomic mass is 35.5. The summed E-state index contributed by atoms with van der Waals surface area (Å²) in [6.07, 6.45) is 10.3. The standard InChI is InChI=1S/C29H43NO2.ClH/c1-3-5-6-11-20-29(31,26-16-18-27(19-17-26)32-23-4-2)28(25-14-9-7-10-15-25)24-30-21-12-8-13-22-30;/h7,9-10,14-19,28,31H,3-6,8,11-13,20-24H2,1-2H3;1H. The van der Waals surface area contributed by atoms with E-state index < -0.39 is 5.60 Å². The van der Waals surface area contributed by atoms with Gasteiger partial charge in [-0.25, -0.2) is 0 Å². The van der Waals surface area contributed by atoms with Crippen molar-refractivity contribution in [3.63, 3.8) is 0 Å². The average Bonchev–Trinajstić information content (AvgIpc) is 2.85. The van der Waals surface area contributed by atoms with E-state index in [1.807, 2.05) is 12.1 Å². The second kappa shape index (κ2) is 14.7. The zero-order valence-corrected chi connectivity index (χ0v) is 21.5.